The Kier molecular flexibility index (Phi) is 4.20. The summed E-state index contributed by atoms with van der Waals surface area (Å²) in [7, 11) is 1.29. The number of hydrogen-bond donors (Lipinski definition) is 0. The molecule has 20 heavy (non-hydrogen) atoms. The minimum atomic E-state index is -0.470. The van der Waals surface area contributed by atoms with Gasteiger partial charge in [0, 0.05) is 18.1 Å². The maximum absolute atomic E-state index is 12.2. The van der Waals surface area contributed by atoms with Gasteiger partial charge in [-0.1, -0.05) is 12.1 Å². The number of rotatable bonds is 5. The molecule has 0 fully saturated rings. The fraction of sp³-hybridized carbons (Fsp3) is 0.200. The molecule has 1 heterocycles. The van der Waals surface area contributed by atoms with E-state index in [2.05, 4.69) is 11.3 Å². The number of ether oxygens (including phenoxy) is 2. The monoisotopic (exact) mass is 273 g/mol. The van der Waals surface area contributed by atoms with Crippen LogP contribution >= 0.6 is 0 Å². The number of allylic oxidation sites excluding steroid dienone is 1. The van der Waals surface area contributed by atoms with Crippen molar-refractivity contribution in [3.05, 3.63) is 53.5 Å². The van der Waals surface area contributed by atoms with Crippen molar-refractivity contribution in [3.63, 3.8) is 0 Å². The smallest absolute Gasteiger partial charge is 0.343 e. The van der Waals surface area contributed by atoms with Crippen LogP contribution in [0.4, 0.5) is 0 Å². The van der Waals surface area contributed by atoms with Gasteiger partial charge in [-0.15, -0.1) is 6.58 Å². The lowest BCUT2D eigenvalue weighted by Crippen LogP contribution is -2.19. The minimum absolute atomic E-state index is 0.120. The van der Waals surface area contributed by atoms with Crippen LogP contribution in [0.15, 0.2) is 47.9 Å². The van der Waals surface area contributed by atoms with Crippen LogP contribution in [0.3, 0.4) is 0 Å². The predicted octanol–water partition coefficient (Wildman–Crippen LogP) is 1.74. The Hall–Kier alpha value is -2.56. The molecule has 0 saturated carbocycles. The van der Waals surface area contributed by atoms with Crippen molar-refractivity contribution >= 4 is 16.7 Å². The van der Waals surface area contributed by atoms with Gasteiger partial charge in [0.25, 0.3) is 5.56 Å². The number of fused-ring (bicyclic) bond motifs is 1. The number of pyridine rings is 1. The molecule has 2 rings (SSSR count). The number of nitrogens with zero attached hydrogens (tertiary/aromatic N) is 1. The third-order valence-corrected chi connectivity index (χ3v) is 2.88. The van der Waals surface area contributed by atoms with Crippen molar-refractivity contribution in [1.82, 2.24) is 4.57 Å². The summed E-state index contributed by atoms with van der Waals surface area (Å²) in [5.41, 5.74) is -0.120. The highest BCUT2D eigenvalue weighted by Gasteiger charge is 2.08. The Labute approximate surface area is 116 Å². The van der Waals surface area contributed by atoms with Gasteiger partial charge in [-0.3, -0.25) is 4.79 Å². The summed E-state index contributed by atoms with van der Waals surface area (Å²) in [4.78, 5) is 23.3. The number of hydrogen-bond acceptors (Lipinski definition) is 4. The van der Waals surface area contributed by atoms with E-state index in [-0.39, 0.29) is 12.2 Å². The third kappa shape index (κ3) is 2.71. The van der Waals surface area contributed by atoms with Crippen molar-refractivity contribution in [2.24, 2.45) is 0 Å². The molecule has 0 radical (unpaired) electrons. The summed E-state index contributed by atoms with van der Waals surface area (Å²) in [6.07, 6.45) is 3.34. The van der Waals surface area contributed by atoms with Crippen molar-refractivity contribution in [2.75, 3.05) is 13.7 Å². The maximum atomic E-state index is 12.2. The Balaban J connectivity index is 2.43. The first-order chi connectivity index (χ1) is 9.67. The van der Waals surface area contributed by atoms with Crippen LogP contribution in [-0.2, 0) is 16.1 Å². The van der Waals surface area contributed by atoms with Gasteiger partial charge in [-0.2, -0.15) is 0 Å². The average Bonchev–Trinajstić information content (AvgIpc) is 2.48. The Bertz CT molecular complexity index is 703. The van der Waals surface area contributed by atoms with Crippen LogP contribution < -0.4 is 10.3 Å². The van der Waals surface area contributed by atoms with E-state index < -0.39 is 5.97 Å². The van der Waals surface area contributed by atoms with Gasteiger partial charge >= 0.3 is 5.97 Å². The number of methoxy groups -OCH3 is 1. The van der Waals surface area contributed by atoms with E-state index in [9.17, 15) is 9.59 Å². The maximum Gasteiger partial charge on any atom is 0.343 e. The number of aromatic nitrogens is 1. The standard InChI is InChI=1S/C15H15NO4/c1-3-8-16-9-7-11-12(15(16)18)5-4-6-13(11)20-10-14(17)19-2/h3-7,9H,1,8,10H2,2H3. The Morgan fingerprint density at radius 3 is 2.85 bits per heavy atom. The van der Waals surface area contributed by atoms with E-state index in [0.717, 1.165) is 0 Å². The SMILES string of the molecule is C=CCn1ccc2c(OCC(=O)OC)cccc2c1=O. The van der Waals surface area contributed by atoms with E-state index in [1.54, 1.807) is 41.1 Å². The molecule has 0 N–H and O–H groups in total. The molecule has 0 unspecified atom stereocenters. The Morgan fingerprint density at radius 1 is 1.35 bits per heavy atom. The van der Waals surface area contributed by atoms with Crippen molar-refractivity contribution in [1.29, 1.82) is 0 Å². The van der Waals surface area contributed by atoms with Gasteiger partial charge in [0.2, 0.25) is 0 Å². The van der Waals surface area contributed by atoms with Crippen molar-refractivity contribution in [2.45, 2.75) is 6.54 Å². The van der Waals surface area contributed by atoms with Crippen LogP contribution in [-0.4, -0.2) is 24.3 Å². The molecular formula is C15H15NO4. The summed E-state index contributed by atoms with van der Waals surface area (Å²) < 4.78 is 11.5. The average molecular weight is 273 g/mol. The lowest BCUT2D eigenvalue weighted by Gasteiger charge is -2.09. The van der Waals surface area contributed by atoms with E-state index in [4.69, 9.17) is 4.74 Å². The summed E-state index contributed by atoms with van der Waals surface area (Å²) in [6.45, 7) is 3.87. The first kappa shape index (κ1) is 13.9. The molecule has 0 aliphatic heterocycles. The van der Waals surface area contributed by atoms with Gasteiger partial charge in [-0.25, -0.2) is 4.79 Å². The van der Waals surface area contributed by atoms with Gasteiger partial charge in [-0.05, 0) is 18.2 Å². The fourth-order valence-corrected chi connectivity index (χ4v) is 1.89. The molecule has 0 aliphatic carbocycles. The fourth-order valence-electron chi connectivity index (χ4n) is 1.89. The predicted molar refractivity (Wildman–Crippen MR) is 75.9 cm³/mol. The topological polar surface area (TPSA) is 57.5 Å². The second kappa shape index (κ2) is 6.06. The minimum Gasteiger partial charge on any atom is -0.481 e. The molecule has 0 aliphatic rings. The second-order valence-electron chi connectivity index (χ2n) is 4.14. The second-order valence-corrected chi connectivity index (χ2v) is 4.14. The summed E-state index contributed by atoms with van der Waals surface area (Å²) >= 11 is 0. The largest absolute Gasteiger partial charge is 0.481 e. The van der Waals surface area contributed by atoms with Crippen LogP contribution in [0.5, 0.6) is 5.75 Å². The molecule has 0 amide bonds. The van der Waals surface area contributed by atoms with Crippen LogP contribution in [0.1, 0.15) is 0 Å². The van der Waals surface area contributed by atoms with Gasteiger partial charge in [0.1, 0.15) is 5.75 Å². The molecule has 0 bridgehead atoms. The van der Waals surface area contributed by atoms with E-state index in [1.165, 1.54) is 7.11 Å². The molecule has 1 aromatic carbocycles. The zero-order valence-corrected chi connectivity index (χ0v) is 11.2. The molecular weight excluding hydrogens is 258 g/mol. The first-order valence-corrected chi connectivity index (χ1v) is 6.10. The van der Waals surface area contributed by atoms with Crippen LogP contribution in [0.2, 0.25) is 0 Å². The molecule has 0 atom stereocenters. The number of carbonyl (C=O) groups is 1. The summed E-state index contributed by atoms with van der Waals surface area (Å²) in [6, 6.07) is 6.94. The van der Waals surface area contributed by atoms with Gasteiger partial charge in [0.15, 0.2) is 6.61 Å². The van der Waals surface area contributed by atoms with Crippen molar-refractivity contribution < 1.29 is 14.3 Å². The highest BCUT2D eigenvalue weighted by Crippen LogP contribution is 2.23. The van der Waals surface area contributed by atoms with E-state index >= 15 is 0 Å². The van der Waals surface area contributed by atoms with Crippen molar-refractivity contribution in [3.8, 4) is 5.75 Å². The lowest BCUT2D eigenvalue weighted by molar-refractivity contribution is -0.142. The highest BCUT2D eigenvalue weighted by molar-refractivity contribution is 5.87. The van der Waals surface area contributed by atoms with Gasteiger partial charge in [0.05, 0.1) is 12.5 Å². The van der Waals surface area contributed by atoms with E-state index in [0.29, 0.717) is 23.1 Å². The molecule has 1 aromatic heterocycles. The molecule has 0 spiro atoms. The van der Waals surface area contributed by atoms with Crippen LogP contribution in [0, 0.1) is 0 Å². The van der Waals surface area contributed by atoms with Gasteiger partial charge < -0.3 is 14.0 Å². The molecule has 104 valence electrons. The lowest BCUT2D eigenvalue weighted by atomic mass is 10.1. The highest BCUT2D eigenvalue weighted by atomic mass is 16.6. The summed E-state index contributed by atoms with van der Waals surface area (Å²) in [5, 5.41) is 1.21. The Morgan fingerprint density at radius 2 is 2.15 bits per heavy atom. The third-order valence-electron chi connectivity index (χ3n) is 2.88. The number of benzene rings is 1. The molecule has 2 aromatic rings. The summed E-state index contributed by atoms with van der Waals surface area (Å²) in [5.74, 6) is 0.0118. The first-order valence-electron chi connectivity index (χ1n) is 6.10. The number of esters is 1. The molecule has 5 nitrogen and oxygen atoms in total. The molecule has 0 saturated heterocycles. The zero-order valence-electron chi connectivity index (χ0n) is 11.2. The quantitative estimate of drug-likeness (QED) is 0.615. The zero-order chi connectivity index (χ0) is 14.5. The molecule has 5 heteroatoms. The number of carbonyl (C=O) groups excluding carboxylic acids is 1. The van der Waals surface area contributed by atoms with Crippen LogP contribution in [0.25, 0.3) is 10.8 Å². The van der Waals surface area contributed by atoms with E-state index in [1.807, 2.05) is 0 Å². The normalized spacial score (nSPS) is 10.2.